The first-order valence-corrected chi connectivity index (χ1v) is 8.72. The number of piperidine rings is 1. The zero-order chi connectivity index (χ0) is 17.9. The van der Waals surface area contributed by atoms with Crippen molar-refractivity contribution in [2.45, 2.75) is 32.2 Å². The molecule has 7 heteroatoms. The molecule has 1 aliphatic rings. The highest BCUT2D eigenvalue weighted by Gasteiger charge is 2.32. The molecule has 4 rings (SSSR count). The molecule has 26 heavy (non-hydrogen) atoms. The van der Waals surface area contributed by atoms with Crippen molar-refractivity contribution in [3.8, 4) is 11.3 Å². The Morgan fingerprint density at radius 3 is 2.96 bits per heavy atom. The summed E-state index contributed by atoms with van der Waals surface area (Å²) >= 11 is 0. The number of carbonyl (C=O) groups is 1. The van der Waals surface area contributed by atoms with Crippen LogP contribution < -0.4 is 5.32 Å². The second-order valence-electron chi connectivity index (χ2n) is 6.37. The zero-order valence-corrected chi connectivity index (χ0v) is 14.5. The van der Waals surface area contributed by atoms with E-state index in [1.54, 1.807) is 18.1 Å². The lowest BCUT2D eigenvalue weighted by atomic mass is 10.0. The first kappa shape index (κ1) is 16.4. The van der Waals surface area contributed by atoms with E-state index in [0.717, 1.165) is 36.3 Å². The maximum atomic E-state index is 12.9. The summed E-state index contributed by atoms with van der Waals surface area (Å²) < 4.78 is 10.7. The summed E-state index contributed by atoms with van der Waals surface area (Å²) in [6, 6.07) is 11.0. The van der Waals surface area contributed by atoms with Crippen LogP contribution in [-0.4, -0.2) is 27.6 Å². The van der Waals surface area contributed by atoms with Gasteiger partial charge in [-0.1, -0.05) is 17.3 Å². The van der Waals surface area contributed by atoms with Crippen LogP contribution in [0.15, 0.2) is 51.6 Å². The molecule has 0 spiro atoms. The minimum absolute atomic E-state index is 0.165. The van der Waals surface area contributed by atoms with E-state index in [1.807, 2.05) is 36.4 Å². The molecule has 1 atom stereocenters. The van der Waals surface area contributed by atoms with Crippen molar-refractivity contribution in [2.24, 2.45) is 0 Å². The third-order valence-electron chi connectivity index (χ3n) is 4.51. The molecule has 3 aromatic rings. The molecule has 0 unspecified atom stereocenters. The molecule has 1 saturated heterocycles. The summed E-state index contributed by atoms with van der Waals surface area (Å²) in [4.78, 5) is 18.9. The lowest BCUT2D eigenvalue weighted by Gasteiger charge is -2.33. The molecule has 2 aromatic heterocycles. The Kier molecular flexibility index (Phi) is 4.43. The van der Waals surface area contributed by atoms with Gasteiger partial charge in [0.15, 0.2) is 5.82 Å². The van der Waals surface area contributed by atoms with E-state index in [4.69, 9.17) is 8.94 Å². The van der Waals surface area contributed by atoms with Gasteiger partial charge in [0.05, 0.1) is 6.26 Å². The Balaban J connectivity index is 1.52. The van der Waals surface area contributed by atoms with Crippen LogP contribution >= 0.6 is 0 Å². The van der Waals surface area contributed by atoms with Gasteiger partial charge in [0.25, 0.3) is 0 Å². The molecule has 2 amide bonds. The number of aryl methyl sites for hydroxylation is 1. The van der Waals surface area contributed by atoms with E-state index >= 15 is 0 Å². The van der Waals surface area contributed by atoms with Crippen LogP contribution in [0.2, 0.25) is 0 Å². The van der Waals surface area contributed by atoms with Gasteiger partial charge in [-0.2, -0.15) is 4.98 Å². The first-order chi connectivity index (χ1) is 12.7. The maximum Gasteiger partial charge on any atom is 0.322 e. The summed E-state index contributed by atoms with van der Waals surface area (Å²) in [7, 11) is 0. The number of nitrogens with one attached hydrogen (secondary N) is 1. The summed E-state index contributed by atoms with van der Waals surface area (Å²) in [6.07, 6.45) is 4.44. The van der Waals surface area contributed by atoms with Crippen molar-refractivity contribution >= 4 is 11.7 Å². The number of likely N-dealkylation sites (tertiary alicyclic amines) is 1. The van der Waals surface area contributed by atoms with Crippen molar-refractivity contribution in [3.63, 3.8) is 0 Å². The number of aromatic nitrogens is 2. The van der Waals surface area contributed by atoms with Gasteiger partial charge in [0.1, 0.15) is 11.8 Å². The SMILES string of the molecule is Cc1noc([C@@H]2CCCCN2C(=O)Nc2cccc(-c3ccco3)c2)n1. The van der Waals surface area contributed by atoms with Gasteiger partial charge in [0.2, 0.25) is 5.89 Å². The fourth-order valence-corrected chi connectivity index (χ4v) is 3.27. The molecule has 0 aliphatic carbocycles. The highest BCUT2D eigenvalue weighted by atomic mass is 16.5. The first-order valence-electron chi connectivity index (χ1n) is 8.72. The third-order valence-corrected chi connectivity index (χ3v) is 4.51. The van der Waals surface area contributed by atoms with Crippen molar-refractivity contribution in [3.05, 3.63) is 54.4 Å². The van der Waals surface area contributed by atoms with E-state index in [2.05, 4.69) is 15.5 Å². The van der Waals surface area contributed by atoms with Gasteiger partial charge in [-0.15, -0.1) is 0 Å². The van der Waals surface area contributed by atoms with Crippen LogP contribution in [-0.2, 0) is 0 Å². The third kappa shape index (κ3) is 3.33. The summed E-state index contributed by atoms with van der Waals surface area (Å²) in [5.74, 6) is 1.84. The lowest BCUT2D eigenvalue weighted by molar-refractivity contribution is 0.142. The lowest BCUT2D eigenvalue weighted by Crippen LogP contribution is -2.41. The highest BCUT2D eigenvalue weighted by Crippen LogP contribution is 2.31. The average molecular weight is 352 g/mol. The number of benzene rings is 1. The largest absolute Gasteiger partial charge is 0.464 e. The van der Waals surface area contributed by atoms with Crippen LogP contribution in [0, 0.1) is 6.92 Å². The van der Waals surface area contributed by atoms with Crippen LogP contribution in [0.25, 0.3) is 11.3 Å². The Morgan fingerprint density at radius 2 is 2.19 bits per heavy atom. The smallest absolute Gasteiger partial charge is 0.322 e. The van der Waals surface area contributed by atoms with Gasteiger partial charge in [-0.25, -0.2) is 4.79 Å². The van der Waals surface area contributed by atoms with E-state index < -0.39 is 0 Å². The number of nitrogens with zero attached hydrogens (tertiary/aromatic N) is 3. The molecule has 134 valence electrons. The number of hydrogen-bond acceptors (Lipinski definition) is 5. The van der Waals surface area contributed by atoms with Gasteiger partial charge in [-0.05, 0) is 50.5 Å². The fourth-order valence-electron chi connectivity index (χ4n) is 3.27. The van der Waals surface area contributed by atoms with Crippen LogP contribution in [0.4, 0.5) is 10.5 Å². The van der Waals surface area contributed by atoms with Gasteiger partial charge in [-0.3, -0.25) is 0 Å². The van der Waals surface area contributed by atoms with Gasteiger partial charge < -0.3 is 19.2 Å². The molecule has 1 fully saturated rings. The Morgan fingerprint density at radius 1 is 1.27 bits per heavy atom. The van der Waals surface area contributed by atoms with Gasteiger partial charge in [0, 0.05) is 17.8 Å². The second-order valence-corrected chi connectivity index (χ2v) is 6.37. The quantitative estimate of drug-likeness (QED) is 0.755. The summed E-state index contributed by atoms with van der Waals surface area (Å²) in [5.41, 5.74) is 1.63. The summed E-state index contributed by atoms with van der Waals surface area (Å²) in [6.45, 7) is 2.44. The number of hydrogen-bond donors (Lipinski definition) is 1. The predicted molar refractivity (Wildman–Crippen MR) is 95.5 cm³/mol. The number of amides is 2. The van der Waals surface area contributed by atoms with Crippen molar-refractivity contribution in [1.82, 2.24) is 15.0 Å². The van der Waals surface area contributed by atoms with E-state index in [-0.39, 0.29) is 12.1 Å². The maximum absolute atomic E-state index is 12.9. The predicted octanol–water partition coefficient (Wildman–Crippen LogP) is 4.40. The van der Waals surface area contributed by atoms with Crippen LogP contribution in [0.1, 0.15) is 37.0 Å². The van der Waals surface area contributed by atoms with E-state index in [9.17, 15) is 4.79 Å². The number of rotatable bonds is 3. The van der Waals surface area contributed by atoms with Gasteiger partial charge >= 0.3 is 6.03 Å². The summed E-state index contributed by atoms with van der Waals surface area (Å²) in [5, 5.41) is 6.83. The Hall–Kier alpha value is -3.09. The Bertz CT molecular complexity index is 888. The number of carbonyl (C=O) groups excluding carboxylic acids is 1. The number of anilines is 1. The minimum Gasteiger partial charge on any atom is -0.464 e. The van der Waals surface area contributed by atoms with Crippen LogP contribution in [0.5, 0.6) is 0 Å². The molecule has 7 nitrogen and oxygen atoms in total. The molecule has 1 N–H and O–H groups in total. The molecule has 3 heterocycles. The normalized spacial score (nSPS) is 17.3. The van der Waals surface area contributed by atoms with E-state index in [0.29, 0.717) is 18.3 Å². The second kappa shape index (κ2) is 7.03. The number of urea groups is 1. The topological polar surface area (TPSA) is 84.4 Å². The molecule has 1 aliphatic heterocycles. The zero-order valence-electron chi connectivity index (χ0n) is 14.5. The molecule has 0 bridgehead atoms. The average Bonchev–Trinajstić information content (AvgIpc) is 3.34. The standard InChI is InChI=1S/C19H20N4O3/c1-13-20-18(26-22-13)16-8-2-3-10-23(16)19(24)21-15-7-4-6-14(12-15)17-9-5-11-25-17/h4-7,9,11-12,16H,2-3,8,10H2,1H3,(H,21,24)/t16-/m0/s1. The highest BCUT2D eigenvalue weighted by molar-refractivity contribution is 5.90. The van der Waals surface area contributed by atoms with Crippen molar-refractivity contribution < 1.29 is 13.7 Å². The van der Waals surface area contributed by atoms with Crippen LogP contribution in [0.3, 0.4) is 0 Å². The molecule has 0 radical (unpaired) electrons. The van der Waals surface area contributed by atoms with E-state index in [1.165, 1.54) is 0 Å². The molecule has 1 aromatic carbocycles. The minimum atomic E-state index is -0.182. The fraction of sp³-hybridized carbons (Fsp3) is 0.316. The monoisotopic (exact) mass is 352 g/mol. The molecular formula is C19H20N4O3. The molecule has 0 saturated carbocycles. The van der Waals surface area contributed by atoms with Crippen molar-refractivity contribution in [1.29, 1.82) is 0 Å². The van der Waals surface area contributed by atoms with Crippen molar-refractivity contribution in [2.75, 3.05) is 11.9 Å². The molecular weight excluding hydrogens is 332 g/mol. The number of furan rings is 1. The Labute approximate surface area is 151 Å².